The lowest BCUT2D eigenvalue weighted by atomic mass is 10.2. The molecule has 1 fully saturated rings. The van der Waals surface area contributed by atoms with Crippen molar-refractivity contribution in [1.82, 2.24) is 5.43 Å². The first-order chi connectivity index (χ1) is 15.0. The number of nitrogens with one attached hydrogen (secondary N) is 2. The summed E-state index contributed by atoms with van der Waals surface area (Å²) >= 11 is 6.69. The molecular formula is C22H20N4O3S2. The van der Waals surface area contributed by atoms with Gasteiger partial charge in [-0.05, 0) is 49.4 Å². The van der Waals surface area contributed by atoms with E-state index in [-0.39, 0.29) is 11.8 Å². The van der Waals surface area contributed by atoms with Crippen LogP contribution in [0.15, 0.2) is 71.5 Å². The molecule has 0 radical (unpaired) electrons. The topological polar surface area (TPSA) is 73.9 Å². The van der Waals surface area contributed by atoms with Crippen LogP contribution >= 0.6 is 24.0 Å². The van der Waals surface area contributed by atoms with Gasteiger partial charge in [0.2, 0.25) is 11.8 Å². The van der Waals surface area contributed by atoms with Crippen molar-refractivity contribution < 1.29 is 14.3 Å². The van der Waals surface area contributed by atoms with E-state index < -0.39 is 0 Å². The molecule has 31 heavy (non-hydrogen) atoms. The average molecular weight is 453 g/mol. The Bertz CT molecular complexity index is 1110. The number of hydrogen-bond acceptors (Lipinski definition) is 7. The van der Waals surface area contributed by atoms with Gasteiger partial charge in [-0.3, -0.25) is 25.3 Å². The number of nitrogens with zero attached hydrogens (tertiary/aromatic N) is 2. The van der Waals surface area contributed by atoms with Gasteiger partial charge in [0.15, 0.2) is 10.1 Å². The summed E-state index contributed by atoms with van der Waals surface area (Å²) in [5, 5.41) is 0. The van der Waals surface area contributed by atoms with Gasteiger partial charge in [0, 0.05) is 19.5 Å². The highest BCUT2D eigenvalue weighted by atomic mass is 32.2. The minimum Gasteiger partial charge on any atom is -0.439 e. The Morgan fingerprint density at radius 2 is 1.90 bits per heavy atom. The Kier molecular flexibility index (Phi) is 5.97. The number of para-hydroxylation sites is 2. The molecule has 0 aromatic heterocycles. The zero-order valence-electron chi connectivity index (χ0n) is 16.9. The second-order valence-electron chi connectivity index (χ2n) is 6.71. The number of benzene rings is 2. The molecule has 2 amide bonds. The van der Waals surface area contributed by atoms with Crippen LogP contribution in [-0.2, 0) is 9.59 Å². The predicted molar refractivity (Wildman–Crippen MR) is 128 cm³/mol. The largest absolute Gasteiger partial charge is 0.439 e. The van der Waals surface area contributed by atoms with Crippen molar-refractivity contribution in [3.05, 3.63) is 71.5 Å². The Hall–Kier alpha value is -3.30. The Labute approximate surface area is 189 Å². The number of rotatable bonds is 5. The van der Waals surface area contributed by atoms with Crippen LogP contribution in [-0.4, -0.2) is 22.7 Å². The zero-order chi connectivity index (χ0) is 22.0. The zero-order valence-corrected chi connectivity index (χ0v) is 18.5. The fourth-order valence-corrected chi connectivity index (χ4v) is 4.45. The maximum atomic E-state index is 13.0. The maximum absolute atomic E-state index is 13.0. The number of thioether (sulfide) groups is 1. The summed E-state index contributed by atoms with van der Waals surface area (Å²) in [6, 6.07) is 14.9. The lowest BCUT2D eigenvalue weighted by Crippen LogP contribution is -2.28. The van der Waals surface area contributed by atoms with Crippen LogP contribution in [0.25, 0.3) is 0 Å². The van der Waals surface area contributed by atoms with Crippen molar-refractivity contribution in [1.29, 1.82) is 0 Å². The Morgan fingerprint density at radius 1 is 1.16 bits per heavy atom. The molecule has 0 unspecified atom stereocenters. The molecule has 2 aromatic rings. The first-order valence-corrected chi connectivity index (χ1v) is 10.9. The van der Waals surface area contributed by atoms with E-state index in [4.69, 9.17) is 17.0 Å². The standard InChI is InChI=1S/C22H20N4O3S2/c1-3-25-17-6-4-5-7-18(17)29-20(25)13-12-19-21(28)26(22(30)31-19)16-10-8-15(9-11-16)24-23-14(2)27/h4-13,24H,3H2,1-2H3,(H,23,27)/b19-12+,20-13+. The number of carbonyl (C=O) groups is 2. The van der Waals surface area contributed by atoms with E-state index in [1.165, 1.54) is 23.6 Å². The molecule has 2 aliphatic heterocycles. The van der Waals surface area contributed by atoms with Crippen molar-refractivity contribution in [2.75, 3.05) is 21.8 Å². The number of amides is 2. The molecule has 2 heterocycles. The summed E-state index contributed by atoms with van der Waals surface area (Å²) in [6.45, 7) is 4.21. The molecule has 2 N–H and O–H groups in total. The monoisotopic (exact) mass is 452 g/mol. The third-order valence-corrected chi connectivity index (χ3v) is 5.95. The number of hydrazine groups is 1. The molecule has 9 heteroatoms. The van der Waals surface area contributed by atoms with Crippen molar-refractivity contribution in [2.45, 2.75) is 13.8 Å². The molecular weight excluding hydrogens is 432 g/mol. The second-order valence-corrected chi connectivity index (χ2v) is 8.39. The molecule has 158 valence electrons. The second kappa shape index (κ2) is 8.83. The van der Waals surface area contributed by atoms with E-state index in [9.17, 15) is 9.59 Å². The molecule has 2 aromatic carbocycles. The van der Waals surface area contributed by atoms with Gasteiger partial charge in [-0.1, -0.05) is 36.1 Å². The van der Waals surface area contributed by atoms with Crippen LogP contribution in [0.4, 0.5) is 17.1 Å². The van der Waals surface area contributed by atoms with Gasteiger partial charge in [0.05, 0.1) is 22.0 Å². The number of hydrogen-bond donors (Lipinski definition) is 2. The van der Waals surface area contributed by atoms with E-state index in [1.807, 2.05) is 36.1 Å². The number of carbonyl (C=O) groups excluding carboxylic acids is 2. The fourth-order valence-electron chi connectivity index (χ4n) is 3.21. The summed E-state index contributed by atoms with van der Waals surface area (Å²) in [5.41, 5.74) is 7.65. The summed E-state index contributed by atoms with van der Waals surface area (Å²) in [4.78, 5) is 28.1. The van der Waals surface area contributed by atoms with Crippen molar-refractivity contribution in [3.8, 4) is 5.75 Å². The smallest absolute Gasteiger partial charge is 0.270 e. The van der Waals surface area contributed by atoms with Gasteiger partial charge in [-0.2, -0.15) is 0 Å². The maximum Gasteiger partial charge on any atom is 0.270 e. The molecule has 0 aliphatic carbocycles. The van der Waals surface area contributed by atoms with Crippen LogP contribution in [0.2, 0.25) is 0 Å². The number of ether oxygens (including phenoxy) is 1. The molecule has 7 nitrogen and oxygen atoms in total. The predicted octanol–water partition coefficient (Wildman–Crippen LogP) is 4.16. The summed E-state index contributed by atoms with van der Waals surface area (Å²) in [5.74, 6) is 1.08. The molecule has 0 bridgehead atoms. The molecule has 2 aliphatic rings. The third kappa shape index (κ3) is 4.28. The van der Waals surface area contributed by atoms with Gasteiger partial charge in [-0.25, -0.2) is 0 Å². The molecule has 0 saturated carbocycles. The normalized spacial score (nSPS) is 17.9. The van der Waals surface area contributed by atoms with E-state index in [0.29, 0.717) is 26.5 Å². The molecule has 4 rings (SSSR count). The van der Waals surface area contributed by atoms with E-state index in [2.05, 4.69) is 10.9 Å². The first-order valence-electron chi connectivity index (χ1n) is 9.63. The average Bonchev–Trinajstić information content (AvgIpc) is 3.27. The Morgan fingerprint density at radius 3 is 2.61 bits per heavy atom. The quantitative estimate of drug-likeness (QED) is 0.401. The van der Waals surface area contributed by atoms with Crippen molar-refractivity contribution in [2.24, 2.45) is 0 Å². The summed E-state index contributed by atoms with van der Waals surface area (Å²) in [6.07, 6.45) is 3.55. The summed E-state index contributed by atoms with van der Waals surface area (Å²) in [7, 11) is 0. The van der Waals surface area contributed by atoms with Crippen LogP contribution in [0.3, 0.4) is 0 Å². The van der Waals surface area contributed by atoms with Crippen molar-refractivity contribution in [3.63, 3.8) is 0 Å². The van der Waals surface area contributed by atoms with Crippen LogP contribution < -0.4 is 25.4 Å². The van der Waals surface area contributed by atoms with Gasteiger partial charge in [-0.15, -0.1) is 0 Å². The van der Waals surface area contributed by atoms with Gasteiger partial charge in [0.25, 0.3) is 5.91 Å². The number of thiocarbonyl (C=S) groups is 1. The minimum atomic E-state index is -0.198. The highest BCUT2D eigenvalue weighted by Gasteiger charge is 2.33. The van der Waals surface area contributed by atoms with Gasteiger partial charge < -0.3 is 9.64 Å². The SMILES string of the molecule is CCN1/C(=C\C=C2\SC(=S)N(c3ccc(NNC(C)=O)cc3)C2=O)Oc2ccccc21. The van der Waals surface area contributed by atoms with E-state index in [1.54, 1.807) is 36.4 Å². The van der Waals surface area contributed by atoms with Crippen molar-refractivity contribution >= 4 is 57.2 Å². The third-order valence-electron chi connectivity index (χ3n) is 4.63. The number of anilines is 3. The fraction of sp³-hybridized carbons (Fsp3) is 0.136. The molecule has 0 spiro atoms. The minimum absolute atomic E-state index is 0.187. The number of fused-ring (bicyclic) bond motifs is 1. The molecule has 1 saturated heterocycles. The number of allylic oxidation sites excluding steroid dienone is 2. The molecule has 0 atom stereocenters. The first kappa shape index (κ1) is 21.0. The lowest BCUT2D eigenvalue weighted by Gasteiger charge is -2.15. The van der Waals surface area contributed by atoms with E-state index in [0.717, 1.165) is 18.0 Å². The van der Waals surface area contributed by atoms with Crippen LogP contribution in [0.1, 0.15) is 13.8 Å². The highest BCUT2D eigenvalue weighted by molar-refractivity contribution is 8.27. The highest BCUT2D eigenvalue weighted by Crippen LogP contribution is 2.39. The van der Waals surface area contributed by atoms with Gasteiger partial charge in [0.1, 0.15) is 0 Å². The Balaban J connectivity index is 1.51. The summed E-state index contributed by atoms with van der Waals surface area (Å²) < 4.78 is 6.39. The van der Waals surface area contributed by atoms with E-state index >= 15 is 0 Å². The van der Waals surface area contributed by atoms with Crippen LogP contribution in [0.5, 0.6) is 5.75 Å². The lowest BCUT2D eigenvalue weighted by molar-refractivity contribution is -0.118. The van der Waals surface area contributed by atoms with Crippen LogP contribution in [0, 0.1) is 0 Å². The van der Waals surface area contributed by atoms with Gasteiger partial charge >= 0.3 is 0 Å².